The smallest absolute Gasteiger partial charge is 0.150 e. The molecular formula is C14H20O3S. The number of benzene rings is 1. The number of aliphatic hydroxyl groups is 1. The highest BCUT2D eigenvalue weighted by Crippen LogP contribution is 2.24. The van der Waals surface area contributed by atoms with Gasteiger partial charge in [0.2, 0.25) is 0 Å². The monoisotopic (exact) mass is 268 g/mol. The molecule has 2 unspecified atom stereocenters. The first-order valence-electron chi connectivity index (χ1n) is 6.39. The van der Waals surface area contributed by atoms with Crippen LogP contribution in [0.3, 0.4) is 0 Å². The van der Waals surface area contributed by atoms with Crippen molar-refractivity contribution >= 4 is 9.84 Å². The topological polar surface area (TPSA) is 54.4 Å². The average molecular weight is 268 g/mol. The molecule has 1 aromatic rings. The molecule has 1 saturated heterocycles. The Kier molecular flexibility index (Phi) is 4.07. The fourth-order valence-electron chi connectivity index (χ4n) is 2.62. The number of aryl methyl sites for hydroxylation is 1. The Morgan fingerprint density at radius 3 is 2.72 bits per heavy atom. The van der Waals surface area contributed by atoms with Gasteiger partial charge >= 0.3 is 0 Å². The molecule has 2 atom stereocenters. The summed E-state index contributed by atoms with van der Waals surface area (Å²) < 4.78 is 22.7. The van der Waals surface area contributed by atoms with E-state index in [0.717, 1.165) is 5.56 Å². The van der Waals surface area contributed by atoms with Gasteiger partial charge in [-0.3, -0.25) is 0 Å². The molecule has 0 aliphatic carbocycles. The van der Waals surface area contributed by atoms with Gasteiger partial charge in [0.15, 0.2) is 9.84 Å². The number of hydrogen-bond donors (Lipinski definition) is 1. The van der Waals surface area contributed by atoms with Gasteiger partial charge in [0.25, 0.3) is 0 Å². The zero-order chi connectivity index (χ0) is 13.2. The standard InChI is InChI=1S/C14H20O3S/c1-11-4-2-3-5-13(11)9-14(15)8-12-6-7-18(16,17)10-12/h2-5,12,14-15H,6-10H2,1H3. The molecule has 4 heteroatoms. The summed E-state index contributed by atoms with van der Waals surface area (Å²) >= 11 is 0. The fraction of sp³-hybridized carbons (Fsp3) is 0.571. The molecule has 2 rings (SSSR count). The Morgan fingerprint density at radius 1 is 1.39 bits per heavy atom. The first-order chi connectivity index (χ1) is 8.46. The molecule has 0 aromatic heterocycles. The van der Waals surface area contributed by atoms with Gasteiger partial charge in [0.1, 0.15) is 0 Å². The van der Waals surface area contributed by atoms with Crippen LogP contribution in [0.5, 0.6) is 0 Å². The molecule has 18 heavy (non-hydrogen) atoms. The van der Waals surface area contributed by atoms with Gasteiger partial charge < -0.3 is 5.11 Å². The second-order valence-electron chi connectivity index (χ2n) is 5.29. The lowest BCUT2D eigenvalue weighted by atomic mass is 9.95. The molecule has 1 aromatic carbocycles. The van der Waals surface area contributed by atoms with Crippen LogP contribution in [0.2, 0.25) is 0 Å². The van der Waals surface area contributed by atoms with Crippen molar-refractivity contribution in [3.63, 3.8) is 0 Å². The van der Waals surface area contributed by atoms with E-state index in [4.69, 9.17) is 0 Å². The summed E-state index contributed by atoms with van der Waals surface area (Å²) in [5.41, 5.74) is 2.32. The summed E-state index contributed by atoms with van der Waals surface area (Å²) in [4.78, 5) is 0. The van der Waals surface area contributed by atoms with Crippen LogP contribution in [0, 0.1) is 12.8 Å². The van der Waals surface area contributed by atoms with E-state index in [1.807, 2.05) is 31.2 Å². The second kappa shape index (κ2) is 5.41. The van der Waals surface area contributed by atoms with Crippen molar-refractivity contribution in [3.05, 3.63) is 35.4 Å². The van der Waals surface area contributed by atoms with Crippen LogP contribution in [0.1, 0.15) is 24.0 Å². The molecular weight excluding hydrogens is 248 g/mol. The van der Waals surface area contributed by atoms with Crippen LogP contribution in [0.15, 0.2) is 24.3 Å². The molecule has 1 N–H and O–H groups in total. The fourth-order valence-corrected chi connectivity index (χ4v) is 4.50. The van der Waals surface area contributed by atoms with E-state index in [1.54, 1.807) is 0 Å². The van der Waals surface area contributed by atoms with Gasteiger partial charge in [-0.2, -0.15) is 0 Å². The van der Waals surface area contributed by atoms with Gasteiger partial charge in [0.05, 0.1) is 17.6 Å². The Morgan fingerprint density at radius 2 is 2.11 bits per heavy atom. The van der Waals surface area contributed by atoms with Crippen molar-refractivity contribution in [2.45, 2.75) is 32.3 Å². The lowest BCUT2D eigenvalue weighted by Crippen LogP contribution is -2.17. The normalized spacial score (nSPS) is 24.0. The Balaban J connectivity index is 1.90. The van der Waals surface area contributed by atoms with E-state index in [-0.39, 0.29) is 17.4 Å². The van der Waals surface area contributed by atoms with Crippen molar-refractivity contribution < 1.29 is 13.5 Å². The van der Waals surface area contributed by atoms with Crippen molar-refractivity contribution in [2.75, 3.05) is 11.5 Å². The molecule has 0 radical (unpaired) electrons. The molecule has 0 bridgehead atoms. The van der Waals surface area contributed by atoms with E-state index in [1.165, 1.54) is 5.56 Å². The van der Waals surface area contributed by atoms with Crippen LogP contribution < -0.4 is 0 Å². The number of hydrogen-bond acceptors (Lipinski definition) is 3. The first-order valence-corrected chi connectivity index (χ1v) is 8.21. The summed E-state index contributed by atoms with van der Waals surface area (Å²) in [7, 11) is -2.83. The van der Waals surface area contributed by atoms with Crippen LogP contribution in [0.4, 0.5) is 0 Å². The molecule has 1 aliphatic rings. The summed E-state index contributed by atoms with van der Waals surface area (Å²) in [5, 5.41) is 10.1. The SMILES string of the molecule is Cc1ccccc1CC(O)CC1CCS(=O)(=O)C1. The Labute approximate surface area is 109 Å². The highest BCUT2D eigenvalue weighted by Gasteiger charge is 2.29. The minimum absolute atomic E-state index is 0.133. The minimum Gasteiger partial charge on any atom is -0.393 e. The van der Waals surface area contributed by atoms with Crippen LogP contribution in [-0.2, 0) is 16.3 Å². The second-order valence-corrected chi connectivity index (χ2v) is 7.52. The first kappa shape index (κ1) is 13.6. The van der Waals surface area contributed by atoms with Crippen molar-refractivity contribution in [3.8, 4) is 0 Å². The zero-order valence-electron chi connectivity index (χ0n) is 10.7. The van der Waals surface area contributed by atoms with Gasteiger partial charge in [-0.05, 0) is 43.2 Å². The highest BCUT2D eigenvalue weighted by atomic mass is 32.2. The van der Waals surface area contributed by atoms with E-state index in [0.29, 0.717) is 19.3 Å². The van der Waals surface area contributed by atoms with Crippen molar-refractivity contribution in [1.29, 1.82) is 0 Å². The lowest BCUT2D eigenvalue weighted by molar-refractivity contribution is 0.146. The molecule has 1 heterocycles. The van der Waals surface area contributed by atoms with E-state index in [2.05, 4.69) is 0 Å². The highest BCUT2D eigenvalue weighted by molar-refractivity contribution is 7.91. The summed E-state index contributed by atoms with van der Waals surface area (Å²) in [6.45, 7) is 2.03. The third-order valence-electron chi connectivity index (χ3n) is 3.65. The van der Waals surface area contributed by atoms with E-state index in [9.17, 15) is 13.5 Å². The predicted molar refractivity (Wildman–Crippen MR) is 72.3 cm³/mol. The molecule has 100 valence electrons. The third-order valence-corrected chi connectivity index (χ3v) is 5.49. The Hall–Kier alpha value is -0.870. The van der Waals surface area contributed by atoms with E-state index < -0.39 is 15.9 Å². The molecule has 3 nitrogen and oxygen atoms in total. The van der Waals surface area contributed by atoms with Crippen LogP contribution in [0.25, 0.3) is 0 Å². The minimum atomic E-state index is -2.83. The summed E-state index contributed by atoms with van der Waals surface area (Å²) in [5.74, 6) is 0.668. The maximum Gasteiger partial charge on any atom is 0.150 e. The summed E-state index contributed by atoms with van der Waals surface area (Å²) in [6, 6.07) is 8.00. The number of aliphatic hydroxyl groups excluding tert-OH is 1. The lowest BCUT2D eigenvalue weighted by Gasteiger charge is -2.15. The Bertz CT molecular complexity index is 508. The van der Waals surface area contributed by atoms with Gasteiger partial charge in [-0.1, -0.05) is 24.3 Å². The summed E-state index contributed by atoms with van der Waals surface area (Å²) in [6.07, 6.45) is 1.47. The molecule has 1 fully saturated rings. The number of rotatable bonds is 4. The number of sulfone groups is 1. The van der Waals surface area contributed by atoms with Crippen molar-refractivity contribution in [1.82, 2.24) is 0 Å². The molecule has 0 saturated carbocycles. The van der Waals surface area contributed by atoms with Crippen LogP contribution in [-0.4, -0.2) is 31.1 Å². The molecule has 0 amide bonds. The van der Waals surface area contributed by atoms with Crippen molar-refractivity contribution in [2.24, 2.45) is 5.92 Å². The molecule has 1 aliphatic heterocycles. The zero-order valence-corrected chi connectivity index (χ0v) is 11.5. The average Bonchev–Trinajstić information content (AvgIpc) is 2.61. The maximum atomic E-state index is 11.4. The quantitative estimate of drug-likeness (QED) is 0.904. The largest absolute Gasteiger partial charge is 0.393 e. The van der Waals surface area contributed by atoms with E-state index >= 15 is 0 Å². The van der Waals surface area contributed by atoms with Gasteiger partial charge in [-0.15, -0.1) is 0 Å². The predicted octanol–water partition coefficient (Wildman–Crippen LogP) is 1.72. The van der Waals surface area contributed by atoms with Gasteiger partial charge in [-0.25, -0.2) is 8.42 Å². The van der Waals surface area contributed by atoms with Gasteiger partial charge in [0, 0.05) is 0 Å². The third kappa shape index (κ3) is 3.56. The molecule has 0 spiro atoms. The maximum absolute atomic E-state index is 11.4. The van der Waals surface area contributed by atoms with Crippen LogP contribution >= 0.6 is 0 Å².